The number of nitro groups is 1. The molecule has 0 spiro atoms. The number of carbonyl (C=O) groups excluding carboxylic acids is 1. The van der Waals surface area contributed by atoms with Gasteiger partial charge in [0.2, 0.25) is 0 Å². The molecule has 206 valence electrons. The fraction of sp³-hybridized carbons (Fsp3) is 0.308. The van der Waals surface area contributed by atoms with Crippen LogP contribution >= 0.6 is 11.6 Å². The van der Waals surface area contributed by atoms with Crippen LogP contribution in [0.1, 0.15) is 29.5 Å². The van der Waals surface area contributed by atoms with Gasteiger partial charge in [-0.3, -0.25) is 19.8 Å². The van der Waals surface area contributed by atoms with E-state index in [1.165, 1.54) is 36.7 Å². The highest BCUT2D eigenvalue weighted by Crippen LogP contribution is 2.39. The van der Waals surface area contributed by atoms with Crippen LogP contribution < -0.4 is 5.32 Å². The average molecular weight is 564 g/mol. The summed E-state index contributed by atoms with van der Waals surface area (Å²) in [4.78, 5) is 31.3. The SMILES string of the molecule is O=C(NCN1CCC(O)(c2ccc(Cl)c(C(F)(F)F)c2)CC1)/C(=C/c1cccc([N+](=O)[O-])c1)N1C=NC=CC1. The number of non-ortho nitro benzene ring substituents is 1. The molecule has 2 aromatic carbocycles. The minimum atomic E-state index is -4.64. The number of amides is 1. The minimum Gasteiger partial charge on any atom is -0.385 e. The lowest BCUT2D eigenvalue weighted by atomic mass is 9.84. The molecular weight excluding hydrogens is 539 g/mol. The lowest BCUT2D eigenvalue weighted by Gasteiger charge is -2.39. The summed E-state index contributed by atoms with van der Waals surface area (Å²) in [5, 5.41) is 24.6. The summed E-state index contributed by atoms with van der Waals surface area (Å²) in [6.07, 6.45) is 2.02. The van der Waals surface area contributed by atoms with Gasteiger partial charge in [0, 0.05) is 38.0 Å². The summed E-state index contributed by atoms with van der Waals surface area (Å²) in [6.45, 7) is 1.13. The van der Waals surface area contributed by atoms with Gasteiger partial charge >= 0.3 is 6.18 Å². The Morgan fingerprint density at radius 1 is 1.23 bits per heavy atom. The molecule has 1 saturated heterocycles. The van der Waals surface area contributed by atoms with E-state index in [9.17, 15) is 33.2 Å². The maximum Gasteiger partial charge on any atom is 0.417 e. The molecule has 1 amide bonds. The molecule has 0 aliphatic carbocycles. The third kappa shape index (κ3) is 6.83. The Morgan fingerprint density at radius 2 is 1.97 bits per heavy atom. The number of likely N-dealkylation sites (tertiary alicyclic amines) is 1. The first-order valence-electron chi connectivity index (χ1n) is 12.0. The maximum atomic E-state index is 13.3. The predicted molar refractivity (Wildman–Crippen MR) is 140 cm³/mol. The molecule has 0 saturated carbocycles. The Balaban J connectivity index is 1.43. The number of hydrogen-bond acceptors (Lipinski definition) is 7. The normalized spacial score (nSPS) is 17.8. The number of aliphatic hydroxyl groups is 1. The molecule has 0 aromatic heterocycles. The molecule has 0 atom stereocenters. The van der Waals surface area contributed by atoms with Gasteiger partial charge in [0.1, 0.15) is 5.70 Å². The van der Waals surface area contributed by atoms with E-state index in [1.807, 2.05) is 4.90 Å². The standard InChI is InChI=1S/C26H25ClF3N5O4/c27-22-6-5-19(15-21(22)26(28,29)30)25(37)7-11-33(12-8-25)17-32-24(36)23(34-10-2-9-31-16-34)14-18-3-1-4-20(13-18)35(38)39/h1-6,9,13-16,37H,7-8,10-12,17H2,(H,32,36)/b23-14-. The molecule has 0 radical (unpaired) electrons. The second-order valence-corrected chi connectivity index (χ2v) is 9.60. The number of nitrogens with one attached hydrogen (secondary N) is 1. The van der Waals surface area contributed by atoms with Gasteiger partial charge in [-0.05, 0) is 48.3 Å². The molecule has 39 heavy (non-hydrogen) atoms. The van der Waals surface area contributed by atoms with Crippen molar-refractivity contribution in [3.05, 3.63) is 92.3 Å². The molecule has 2 aliphatic rings. The summed E-state index contributed by atoms with van der Waals surface area (Å²) in [6, 6.07) is 9.30. The van der Waals surface area contributed by atoms with Gasteiger partial charge in [0.25, 0.3) is 11.6 Å². The first kappa shape index (κ1) is 28.3. The van der Waals surface area contributed by atoms with Crippen molar-refractivity contribution in [2.75, 3.05) is 26.3 Å². The van der Waals surface area contributed by atoms with Crippen molar-refractivity contribution in [3.8, 4) is 0 Å². The van der Waals surface area contributed by atoms with Crippen LogP contribution in [-0.2, 0) is 16.6 Å². The zero-order valence-corrected chi connectivity index (χ0v) is 21.3. The summed E-state index contributed by atoms with van der Waals surface area (Å²) < 4.78 is 39.9. The molecule has 13 heteroatoms. The molecule has 0 bridgehead atoms. The van der Waals surface area contributed by atoms with Gasteiger partial charge in [-0.15, -0.1) is 0 Å². The molecule has 0 unspecified atom stereocenters. The van der Waals surface area contributed by atoms with E-state index >= 15 is 0 Å². The molecule has 9 nitrogen and oxygen atoms in total. The second-order valence-electron chi connectivity index (χ2n) is 9.19. The van der Waals surface area contributed by atoms with Crippen molar-refractivity contribution >= 4 is 35.6 Å². The van der Waals surface area contributed by atoms with Crippen molar-refractivity contribution in [1.29, 1.82) is 0 Å². The van der Waals surface area contributed by atoms with Crippen molar-refractivity contribution in [1.82, 2.24) is 15.1 Å². The number of aliphatic imine (C=N–C) groups is 1. The molecule has 2 aromatic rings. The van der Waals surface area contributed by atoms with Crippen LogP contribution in [0.3, 0.4) is 0 Å². The molecule has 2 N–H and O–H groups in total. The van der Waals surface area contributed by atoms with Crippen LogP contribution in [0.2, 0.25) is 5.02 Å². The smallest absolute Gasteiger partial charge is 0.385 e. The Hall–Kier alpha value is -3.74. The second kappa shape index (κ2) is 11.6. The third-order valence-corrected chi connectivity index (χ3v) is 6.91. The van der Waals surface area contributed by atoms with Crippen LogP contribution in [-0.4, -0.2) is 58.4 Å². The number of benzene rings is 2. The Kier molecular flexibility index (Phi) is 8.38. The number of carbonyl (C=O) groups is 1. The van der Waals surface area contributed by atoms with Crippen LogP contribution in [0.5, 0.6) is 0 Å². The molecule has 2 aliphatic heterocycles. The summed E-state index contributed by atoms with van der Waals surface area (Å²) >= 11 is 5.71. The Morgan fingerprint density at radius 3 is 2.62 bits per heavy atom. The fourth-order valence-corrected chi connectivity index (χ4v) is 4.61. The number of piperidine rings is 1. The lowest BCUT2D eigenvalue weighted by molar-refractivity contribution is -0.384. The van der Waals surface area contributed by atoms with E-state index < -0.39 is 33.2 Å². The Labute approximate surface area is 227 Å². The van der Waals surface area contributed by atoms with E-state index in [-0.39, 0.29) is 36.5 Å². The first-order chi connectivity index (χ1) is 18.5. The van der Waals surface area contributed by atoms with Gasteiger partial charge < -0.3 is 15.3 Å². The van der Waals surface area contributed by atoms with E-state index in [0.29, 0.717) is 25.2 Å². The Bertz CT molecular complexity index is 1340. The van der Waals surface area contributed by atoms with E-state index in [1.54, 1.807) is 23.2 Å². The summed E-state index contributed by atoms with van der Waals surface area (Å²) in [5.41, 5.74) is -1.75. The molecule has 4 rings (SSSR count). The largest absolute Gasteiger partial charge is 0.417 e. The molecule has 2 heterocycles. The average Bonchev–Trinajstić information content (AvgIpc) is 2.91. The monoisotopic (exact) mass is 563 g/mol. The number of nitro benzene ring substituents is 1. The van der Waals surface area contributed by atoms with E-state index in [0.717, 1.165) is 12.1 Å². The van der Waals surface area contributed by atoms with Crippen LogP contribution in [0.4, 0.5) is 18.9 Å². The van der Waals surface area contributed by atoms with E-state index in [4.69, 9.17) is 11.6 Å². The zero-order valence-electron chi connectivity index (χ0n) is 20.6. The van der Waals surface area contributed by atoms with Crippen molar-refractivity contribution in [2.24, 2.45) is 4.99 Å². The predicted octanol–water partition coefficient (Wildman–Crippen LogP) is 4.52. The van der Waals surface area contributed by atoms with Gasteiger partial charge in [-0.2, -0.15) is 13.2 Å². The van der Waals surface area contributed by atoms with Crippen LogP contribution in [0, 0.1) is 10.1 Å². The van der Waals surface area contributed by atoms with E-state index in [2.05, 4.69) is 10.3 Å². The number of halogens is 4. The quantitative estimate of drug-likeness (QED) is 0.291. The van der Waals surface area contributed by atoms with Gasteiger partial charge in [0.15, 0.2) is 0 Å². The third-order valence-electron chi connectivity index (χ3n) is 6.58. The van der Waals surface area contributed by atoms with Crippen molar-refractivity contribution in [3.63, 3.8) is 0 Å². The van der Waals surface area contributed by atoms with Crippen LogP contribution in [0.15, 0.2) is 65.4 Å². The number of alkyl halides is 3. The highest BCUT2D eigenvalue weighted by atomic mass is 35.5. The zero-order chi connectivity index (χ0) is 28.2. The lowest BCUT2D eigenvalue weighted by Crippen LogP contribution is -2.48. The first-order valence-corrected chi connectivity index (χ1v) is 12.4. The number of nitrogens with zero attached hydrogens (tertiary/aromatic N) is 4. The molecule has 1 fully saturated rings. The molecular formula is C26H25ClF3N5O4. The van der Waals surface area contributed by atoms with Crippen molar-refractivity contribution in [2.45, 2.75) is 24.6 Å². The highest BCUT2D eigenvalue weighted by Gasteiger charge is 2.38. The summed E-state index contributed by atoms with van der Waals surface area (Å²) in [5.74, 6) is -0.448. The van der Waals surface area contributed by atoms with Gasteiger partial charge in [-0.1, -0.05) is 29.8 Å². The number of rotatable bonds is 7. The number of hydrogen-bond donors (Lipinski definition) is 2. The van der Waals surface area contributed by atoms with Crippen molar-refractivity contribution < 1.29 is 28.0 Å². The van der Waals surface area contributed by atoms with Gasteiger partial charge in [-0.25, -0.2) is 4.99 Å². The topological polar surface area (TPSA) is 111 Å². The van der Waals surface area contributed by atoms with Crippen LogP contribution in [0.25, 0.3) is 6.08 Å². The highest BCUT2D eigenvalue weighted by molar-refractivity contribution is 6.31. The summed E-state index contributed by atoms with van der Waals surface area (Å²) in [7, 11) is 0. The van der Waals surface area contributed by atoms with Gasteiger partial charge in [0.05, 0.1) is 34.1 Å². The minimum absolute atomic E-state index is 0.112. The maximum absolute atomic E-state index is 13.3. The fourth-order valence-electron chi connectivity index (χ4n) is 4.39.